The number of unbranched alkanes of at least 4 members (excludes halogenated alkanes) is 32. The Balaban J connectivity index is 1.23. The number of nitrogens with one attached hydrogen (secondary N) is 1. The molecule has 0 radical (unpaired) electrons. The third-order valence-corrected chi connectivity index (χ3v) is 20.1. The highest BCUT2D eigenvalue weighted by Gasteiger charge is 2.31. The number of hydrogen-bond donors (Lipinski definition) is 1. The fourth-order valence-corrected chi connectivity index (χ4v) is 15.1. The Morgan fingerprint density at radius 1 is 0.369 bits per heavy atom. The lowest BCUT2D eigenvalue weighted by atomic mass is 9.91. The number of rotatable bonds is 44. The number of aromatic amines is 1. The van der Waals surface area contributed by atoms with Gasteiger partial charge in [-0.2, -0.15) is 0 Å². The monoisotopic (exact) mass is 1160 g/mol. The van der Waals surface area contributed by atoms with Crippen molar-refractivity contribution in [2.75, 3.05) is 0 Å². The number of para-hydroxylation sites is 3. The van der Waals surface area contributed by atoms with Gasteiger partial charge < -0.3 is 4.98 Å². The van der Waals surface area contributed by atoms with E-state index in [4.69, 9.17) is 9.97 Å². The summed E-state index contributed by atoms with van der Waals surface area (Å²) in [4.78, 5) is 77.9. The summed E-state index contributed by atoms with van der Waals surface area (Å²) in [6, 6.07) is 15.7. The molecule has 2 unspecified atom stereocenters. The van der Waals surface area contributed by atoms with E-state index >= 15 is 19.2 Å². The van der Waals surface area contributed by atoms with Gasteiger partial charge in [-0.1, -0.05) is 283 Å². The number of H-pyrrole nitrogens is 1. The highest BCUT2D eigenvalue weighted by atomic mass is 32.1. The van der Waals surface area contributed by atoms with E-state index in [0.29, 0.717) is 66.9 Å². The summed E-state index contributed by atoms with van der Waals surface area (Å²) >= 11 is 1.49. The maximum Gasteiger partial charge on any atom is 0.263 e. The second-order valence-corrected chi connectivity index (χ2v) is 26.8. The molecule has 9 nitrogen and oxygen atoms in total. The molecule has 0 saturated heterocycles. The van der Waals surface area contributed by atoms with Crippen LogP contribution < -0.4 is 22.2 Å². The van der Waals surface area contributed by atoms with Crippen LogP contribution in [0.5, 0.6) is 0 Å². The van der Waals surface area contributed by atoms with Crippen molar-refractivity contribution in [3.63, 3.8) is 0 Å². The van der Waals surface area contributed by atoms with Crippen molar-refractivity contribution in [1.29, 1.82) is 0 Å². The van der Waals surface area contributed by atoms with Crippen LogP contribution in [0.25, 0.3) is 74.8 Å². The Morgan fingerprint density at radius 3 is 1.06 bits per heavy atom. The van der Waals surface area contributed by atoms with Crippen LogP contribution in [0.3, 0.4) is 0 Å². The van der Waals surface area contributed by atoms with E-state index in [1.807, 2.05) is 48.5 Å². The van der Waals surface area contributed by atoms with Gasteiger partial charge in [-0.3, -0.25) is 28.3 Å². The Hall–Kier alpha value is -4.96. The topological polar surface area (TPSA) is 120 Å². The molecule has 0 amide bonds. The minimum absolute atomic E-state index is 0.134. The lowest BCUT2D eigenvalue weighted by molar-refractivity contribution is 0.350. The zero-order chi connectivity index (χ0) is 58.9. The molecule has 1 N–H and O–H groups in total. The fraction of sp³-hybridized carbons (Fsp3) is 0.649. The molecule has 458 valence electrons. The number of fused-ring (bicyclic) bond motifs is 8. The summed E-state index contributed by atoms with van der Waals surface area (Å²) < 4.78 is 4.63. The van der Waals surface area contributed by atoms with Gasteiger partial charge in [0, 0.05) is 23.9 Å². The van der Waals surface area contributed by atoms with E-state index in [1.54, 1.807) is 0 Å². The van der Waals surface area contributed by atoms with E-state index < -0.39 is 11.1 Å². The third-order valence-electron chi connectivity index (χ3n) is 18.9. The van der Waals surface area contributed by atoms with E-state index in [0.717, 1.165) is 87.3 Å². The molecule has 0 saturated carbocycles. The predicted octanol–water partition coefficient (Wildman–Crippen LogP) is 21.3. The number of aromatic nitrogens is 5. The Labute approximate surface area is 507 Å². The SMILES string of the molecule is CCCCCCCCCCCCC(CCCCCCCCCC)Cn1c(=O)c2c3nc4ccccc4nc3c3c(=O)n(CC(CCCCCCCCCC)CCCCCCCCCCCC)c(=O)c4c5sc6ccccc6[nH]c5c(c1=O)c2c34. The Bertz CT molecular complexity index is 3110. The lowest BCUT2D eigenvalue weighted by Gasteiger charge is -2.22. The second kappa shape index (κ2) is 35.0. The first-order valence-corrected chi connectivity index (χ1v) is 35.6. The molecule has 8 rings (SSSR count). The molecule has 8 aromatic rings. The number of pyridine rings is 2. The minimum atomic E-state index is -0.406. The standard InChI is InChI=1S/C74H107N5O4S/c1-5-9-13-17-21-25-27-31-35-39-46-55(45-37-33-29-23-19-15-11-7-3)53-78-71(80)63-61-62-64(68-67(63)75-57-49-41-42-50-58(57)76-68)72(81)79(74(83)66(62)70-69(65(61)73(78)82)77-59-51-43-44-52-60(59)84-70)54-56(47-38-34-30-24-20-16-12-8-4)48-40-36-32-28-26-22-18-14-10-6-2/h41-44,49-52,55-56,77H,5-40,45-48,53-54H2,1-4H3. The number of nitrogens with zero attached hydrogens (tertiary/aromatic N) is 4. The molecule has 2 atom stereocenters. The van der Waals surface area contributed by atoms with Crippen LogP contribution >= 0.6 is 11.3 Å². The van der Waals surface area contributed by atoms with Crippen LogP contribution in [0.4, 0.5) is 0 Å². The van der Waals surface area contributed by atoms with Gasteiger partial charge in [-0.05, 0) is 61.8 Å². The van der Waals surface area contributed by atoms with Crippen molar-refractivity contribution in [3.8, 4) is 0 Å². The largest absolute Gasteiger partial charge is 0.353 e. The molecule has 4 heterocycles. The van der Waals surface area contributed by atoms with Crippen LogP contribution in [-0.2, 0) is 13.1 Å². The van der Waals surface area contributed by atoms with Gasteiger partial charge in [0.1, 0.15) is 11.0 Å². The van der Waals surface area contributed by atoms with Gasteiger partial charge >= 0.3 is 0 Å². The van der Waals surface area contributed by atoms with Gasteiger partial charge in [0.25, 0.3) is 22.2 Å². The van der Waals surface area contributed by atoms with Crippen molar-refractivity contribution in [1.82, 2.24) is 24.1 Å². The highest BCUT2D eigenvalue weighted by Crippen LogP contribution is 2.42. The summed E-state index contributed by atoms with van der Waals surface area (Å²) in [7, 11) is 0. The van der Waals surface area contributed by atoms with E-state index in [2.05, 4.69) is 32.7 Å². The number of hydrogen-bond acceptors (Lipinski definition) is 7. The predicted molar refractivity (Wildman–Crippen MR) is 363 cm³/mol. The van der Waals surface area contributed by atoms with Crippen LogP contribution in [0.1, 0.15) is 285 Å². The molecule has 4 aromatic heterocycles. The fourth-order valence-electron chi connectivity index (χ4n) is 14.0. The van der Waals surface area contributed by atoms with Gasteiger partial charge in [0.05, 0.1) is 53.0 Å². The summed E-state index contributed by atoms with van der Waals surface area (Å²) in [5, 5.41) is 2.05. The molecular formula is C74H107N5O4S. The first kappa shape index (κ1) is 65.0. The normalized spacial score (nSPS) is 13.0. The smallest absolute Gasteiger partial charge is 0.263 e. The molecule has 10 heteroatoms. The van der Waals surface area contributed by atoms with Crippen LogP contribution in [0, 0.1) is 11.8 Å². The second-order valence-electron chi connectivity index (χ2n) is 25.7. The Kier molecular flexibility index (Phi) is 27.1. The molecule has 0 aliphatic rings. The van der Waals surface area contributed by atoms with Crippen molar-refractivity contribution < 1.29 is 0 Å². The average molecular weight is 1160 g/mol. The van der Waals surface area contributed by atoms with E-state index in [-0.39, 0.29) is 33.7 Å². The van der Waals surface area contributed by atoms with Gasteiger partial charge in [0.15, 0.2) is 0 Å². The van der Waals surface area contributed by atoms with Gasteiger partial charge in [-0.15, -0.1) is 11.3 Å². The van der Waals surface area contributed by atoms with Gasteiger partial charge in [0.2, 0.25) is 0 Å². The average Bonchev–Trinajstić information content (AvgIpc) is 0.721. The summed E-state index contributed by atoms with van der Waals surface area (Å²) in [5.74, 6) is 0.270. The van der Waals surface area contributed by atoms with Crippen LogP contribution in [0.2, 0.25) is 0 Å². The molecular weight excluding hydrogens is 1050 g/mol. The van der Waals surface area contributed by atoms with E-state index in [1.165, 1.54) is 200 Å². The van der Waals surface area contributed by atoms with E-state index in [9.17, 15) is 0 Å². The maximum absolute atomic E-state index is 15.9. The third kappa shape index (κ3) is 17.2. The Morgan fingerprint density at radius 2 is 0.679 bits per heavy atom. The highest BCUT2D eigenvalue weighted by molar-refractivity contribution is 7.25. The zero-order valence-electron chi connectivity index (χ0n) is 52.8. The molecule has 4 aromatic carbocycles. The molecule has 0 bridgehead atoms. The van der Waals surface area contributed by atoms with Crippen molar-refractivity contribution in [2.45, 2.75) is 298 Å². The summed E-state index contributed by atoms with van der Waals surface area (Å²) in [6.45, 7) is 9.70. The first-order chi connectivity index (χ1) is 41.3. The molecule has 84 heavy (non-hydrogen) atoms. The summed E-state index contributed by atoms with van der Waals surface area (Å²) in [5.41, 5.74) is 1.74. The van der Waals surface area contributed by atoms with Crippen LogP contribution in [-0.4, -0.2) is 24.1 Å². The lowest BCUT2D eigenvalue weighted by Crippen LogP contribution is -2.38. The summed E-state index contributed by atoms with van der Waals surface area (Å²) in [6.07, 6.45) is 48.5. The van der Waals surface area contributed by atoms with Crippen molar-refractivity contribution in [2.24, 2.45) is 11.8 Å². The zero-order valence-corrected chi connectivity index (χ0v) is 53.6. The van der Waals surface area contributed by atoms with Crippen molar-refractivity contribution >= 4 is 86.2 Å². The van der Waals surface area contributed by atoms with Gasteiger partial charge in [-0.25, -0.2) is 9.97 Å². The van der Waals surface area contributed by atoms with Crippen molar-refractivity contribution in [3.05, 3.63) is 89.9 Å². The molecule has 0 aliphatic carbocycles. The maximum atomic E-state index is 15.9. The minimum Gasteiger partial charge on any atom is -0.353 e. The quantitative estimate of drug-likeness (QED) is 0.0231. The first-order valence-electron chi connectivity index (χ1n) is 34.8. The van der Waals surface area contributed by atoms with Crippen LogP contribution in [0.15, 0.2) is 67.7 Å². The molecule has 0 spiro atoms. The number of benzene rings is 4. The molecule has 0 aliphatic heterocycles. The molecule has 0 fully saturated rings.